The van der Waals surface area contributed by atoms with Crippen LogP contribution in [-0.4, -0.2) is 19.0 Å². The topological polar surface area (TPSA) is 46.3 Å². The van der Waals surface area contributed by atoms with Crippen molar-refractivity contribution in [3.05, 3.63) is 29.8 Å². The molecule has 0 saturated heterocycles. The summed E-state index contributed by atoms with van der Waals surface area (Å²) in [5, 5.41) is 0. The summed E-state index contributed by atoms with van der Waals surface area (Å²) in [6.07, 6.45) is 3.21. The molecule has 0 bridgehead atoms. The molecule has 1 aromatic rings. The Labute approximate surface area is 115 Å². The molecule has 1 aromatic carbocycles. The zero-order valence-electron chi connectivity index (χ0n) is 11.9. The second-order valence-electron chi connectivity index (χ2n) is 5.45. The highest BCUT2D eigenvalue weighted by Crippen LogP contribution is 2.33. The number of anilines is 1. The molecule has 1 saturated carbocycles. The minimum atomic E-state index is 0.117. The van der Waals surface area contributed by atoms with Crippen LogP contribution in [0.15, 0.2) is 24.3 Å². The molecule has 3 heteroatoms. The van der Waals surface area contributed by atoms with Gasteiger partial charge in [-0.05, 0) is 51.3 Å². The molecular weight excluding hydrogens is 236 g/mol. The molecule has 0 unspecified atom stereocenters. The summed E-state index contributed by atoms with van der Waals surface area (Å²) in [6, 6.07) is 8.17. The predicted molar refractivity (Wildman–Crippen MR) is 79.1 cm³/mol. The first-order chi connectivity index (χ1) is 9.17. The fourth-order valence-corrected chi connectivity index (χ4v) is 3.03. The molecule has 2 N–H and O–H groups in total. The van der Waals surface area contributed by atoms with Gasteiger partial charge in [-0.2, -0.15) is 0 Å². The highest BCUT2D eigenvalue weighted by atomic mass is 16.2. The van der Waals surface area contributed by atoms with Crippen molar-refractivity contribution in [2.24, 2.45) is 17.6 Å². The fraction of sp³-hybridized carbons (Fsp3) is 0.562. The third-order valence-electron chi connectivity index (χ3n) is 4.21. The third-order valence-corrected chi connectivity index (χ3v) is 4.21. The van der Waals surface area contributed by atoms with Crippen molar-refractivity contribution in [1.29, 1.82) is 0 Å². The summed E-state index contributed by atoms with van der Waals surface area (Å²) >= 11 is 0. The molecule has 1 fully saturated rings. The Bertz CT molecular complexity index is 427. The van der Waals surface area contributed by atoms with Crippen molar-refractivity contribution >= 4 is 11.6 Å². The fourth-order valence-electron chi connectivity index (χ4n) is 3.03. The monoisotopic (exact) mass is 260 g/mol. The molecule has 0 heterocycles. The molecule has 2 rings (SSSR count). The van der Waals surface area contributed by atoms with E-state index in [1.54, 1.807) is 0 Å². The number of hydrogen-bond donors (Lipinski definition) is 1. The van der Waals surface area contributed by atoms with E-state index < -0.39 is 0 Å². The maximum atomic E-state index is 12.7. The van der Waals surface area contributed by atoms with Gasteiger partial charge in [-0.25, -0.2) is 0 Å². The van der Waals surface area contributed by atoms with E-state index in [-0.39, 0.29) is 11.8 Å². The Hall–Kier alpha value is -1.35. The Balaban J connectivity index is 2.17. The third kappa shape index (κ3) is 2.98. The molecule has 104 valence electrons. The molecule has 0 spiro atoms. The lowest BCUT2D eigenvalue weighted by Gasteiger charge is -2.27. The summed E-state index contributed by atoms with van der Waals surface area (Å²) < 4.78 is 0. The van der Waals surface area contributed by atoms with Crippen LogP contribution in [0.25, 0.3) is 0 Å². The number of nitrogens with zero attached hydrogens (tertiary/aromatic N) is 1. The highest BCUT2D eigenvalue weighted by Gasteiger charge is 2.34. The van der Waals surface area contributed by atoms with Gasteiger partial charge >= 0.3 is 0 Å². The van der Waals surface area contributed by atoms with Gasteiger partial charge in [0.15, 0.2) is 0 Å². The number of amides is 1. The molecule has 3 nitrogen and oxygen atoms in total. The standard InChI is InChI=1S/C16H24N2O/c1-3-18(14-9-7-12(2)8-10-14)16(19)15-6-4-5-13(15)11-17/h7-10,13,15H,3-6,11,17H2,1-2H3/t13-,15-/m1/s1. The van der Waals surface area contributed by atoms with Crippen LogP contribution in [-0.2, 0) is 4.79 Å². The summed E-state index contributed by atoms with van der Waals surface area (Å²) in [4.78, 5) is 14.6. The zero-order valence-corrected chi connectivity index (χ0v) is 11.9. The normalized spacial score (nSPS) is 22.5. The molecular formula is C16H24N2O. The number of benzene rings is 1. The Kier molecular flexibility index (Phi) is 4.59. The molecule has 19 heavy (non-hydrogen) atoms. The maximum absolute atomic E-state index is 12.7. The first-order valence-corrected chi connectivity index (χ1v) is 7.25. The van der Waals surface area contributed by atoms with E-state index in [2.05, 4.69) is 19.1 Å². The van der Waals surface area contributed by atoms with Crippen LogP contribution in [0.4, 0.5) is 5.69 Å². The van der Waals surface area contributed by atoms with E-state index in [1.807, 2.05) is 24.0 Å². The van der Waals surface area contributed by atoms with Crippen LogP contribution in [0.3, 0.4) is 0 Å². The van der Waals surface area contributed by atoms with Gasteiger partial charge in [0.25, 0.3) is 0 Å². The van der Waals surface area contributed by atoms with E-state index in [9.17, 15) is 4.79 Å². The van der Waals surface area contributed by atoms with E-state index in [4.69, 9.17) is 5.73 Å². The summed E-state index contributed by atoms with van der Waals surface area (Å²) in [7, 11) is 0. The molecule has 1 aliphatic rings. The lowest BCUT2D eigenvalue weighted by molar-refractivity contribution is -0.123. The molecule has 0 radical (unpaired) electrons. The van der Waals surface area contributed by atoms with E-state index in [1.165, 1.54) is 5.56 Å². The average molecular weight is 260 g/mol. The summed E-state index contributed by atoms with van der Waals surface area (Å²) in [5.74, 6) is 0.734. The molecule has 0 aromatic heterocycles. The van der Waals surface area contributed by atoms with Crippen LogP contribution < -0.4 is 10.6 Å². The molecule has 0 aliphatic heterocycles. The number of rotatable bonds is 4. The second-order valence-corrected chi connectivity index (χ2v) is 5.45. The van der Waals surface area contributed by atoms with Crippen LogP contribution in [0.1, 0.15) is 31.7 Å². The quantitative estimate of drug-likeness (QED) is 0.904. The van der Waals surface area contributed by atoms with Crippen molar-refractivity contribution in [1.82, 2.24) is 0 Å². The van der Waals surface area contributed by atoms with Gasteiger partial charge in [-0.1, -0.05) is 24.1 Å². The van der Waals surface area contributed by atoms with Gasteiger partial charge in [0.05, 0.1) is 0 Å². The van der Waals surface area contributed by atoms with E-state index in [0.717, 1.165) is 31.5 Å². The van der Waals surface area contributed by atoms with Gasteiger partial charge in [0, 0.05) is 18.2 Å². The Morgan fingerprint density at radius 3 is 2.58 bits per heavy atom. The highest BCUT2D eigenvalue weighted by molar-refractivity contribution is 5.95. The van der Waals surface area contributed by atoms with Crippen molar-refractivity contribution in [3.8, 4) is 0 Å². The summed E-state index contributed by atoms with van der Waals surface area (Å²) in [5.41, 5.74) is 8.01. The first kappa shape index (κ1) is 14.1. The Morgan fingerprint density at radius 1 is 1.32 bits per heavy atom. The van der Waals surface area contributed by atoms with Crippen molar-refractivity contribution in [2.75, 3.05) is 18.0 Å². The van der Waals surface area contributed by atoms with Crippen molar-refractivity contribution < 1.29 is 4.79 Å². The number of aryl methyl sites for hydroxylation is 1. The minimum Gasteiger partial charge on any atom is -0.330 e. The number of hydrogen-bond acceptors (Lipinski definition) is 2. The largest absolute Gasteiger partial charge is 0.330 e. The van der Waals surface area contributed by atoms with E-state index >= 15 is 0 Å². The first-order valence-electron chi connectivity index (χ1n) is 7.25. The van der Waals surface area contributed by atoms with Gasteiger partial charge in [0.1, 0.15) is 0 Å². The number of nitrogens with two attached hydrogens (primary N) is 1. The second kappa shape index (κ2) is 6.20. The van der Waals surface area contributed by atoms with Gasteiger partial charge in [0.2, 0.25) is 5.91 Å². The number of carbonyl (C=O) groups is 1. The SMILES string of the molecule is CCN(C(=O)[C@@H]1CCC[C@@H]1CN)c1ccc(C)cc1. The van der Waals surface area contributed by atoms with Gasteiger partial charge in [-0.15, -0.1) is 0 Å². The predicted octanol–water partition coefficient (Wildman–Crippen LogP) is 2.72. The summed E-state index contributed by atoms with van der Waals surface area (Å²) in [6.45, 7) is 5.44. The van der Waals surface area contributed by atoms with Crippen molar-refractivity contribution in [2.45, 2.75) is 33.1 Å². The van der Waals surface area contributed by atoms with E-state index in [0.29, 0.717) is 12.5 Å². The lowest BCUT2D eigenvalue weighted by Crippen LogP contribution is -2.39. The Morgan fingerprint density at radius 2 is 2.00 bits per heavy atom. The van der Waals surface area contributed by atoms with Crippen LogP contribution in [0, 0.1) is 18.8 Å². The molecule has 2 atom stereocenters. The van der Waals surface area contributed by atoms with Gasteiger partial charge < -0.3 is 10.6 Å². The minimum absolute atomic E-state index is 0.117. The maximum Gasteiger partial charge on any atom is 0.230 e. The number of carbonyl (C=O) groups excluding carboxylic acids is 1. The van der Waals surface area contributed by atoms with Crippen LogP contribution in [0.5, 0.6) is 0 Å². The lowest BCUT2D eigenvalue weighted by atomic mass is 9.94. The molecule has 1 amide bonds. The zero-order chi connectivity index (χ0) is 13.8. The molecule has 1 aliphatic carbocycles. The van der Waals surface area contributed by atoms with Crippen molar-refractivity contribution in [3.63, 3.8) is 0 Å². The smallest absolute Gasteiger partial charge is 0.230 e. The van der Waals surface area contributed by atoms with Crippen LogP contribution >= 0.6 is 0 Å². The average Bonchev–Trinajstić information content (AvgIpc) is 2.90. The van der Waals surface area contributed by atoms with Gasteiger partial charge in [-0.3, -0.25) is 4.79 Å². The van der Waals surface area contributed by atoms with Crippen LogP contribution in [0.2, 0.25) is 0 Å².